The van der Waals surface area contributed by atoms with Crippen LogP contribution in [-0.4, -0.2) is 59.7 Å². The molecule has 0 radical (unpaired) electrons. The predicted octanol–water partition coefficient (Wildman–Crippen LogP) is 4.19. The van der Waals surface area contributed by atoms with Gasteiger partial charge < -0.3 is 10.0 Å². The number of likely N-dealkylation sites (N-methyl/N-ethyl adjacent to an activating group) is 1. The molecule has 3 aromatic rings. The third-order valence-corrected chi connectivity index (χ3v) is 6.20. The van der Waals surface area contributed by atoms with E-state index in [2.05, 4.69) is 52.5 Å². The number of rotatable bonds is 4. The van der Waals surface area contributed by atoms with Crippen LogP contribution in [0, 0.1) is 0 Å². The zero-order chi connectivity index (χ0) is 18.1. The first-order valence-corrected chi connectivity index (χ1v) is 10.0. The molecule has 0 spiro atoms. The van der Waals surface area contributed by atoms with Crippen LogP contribution in [0.4, 0.5) is 0 Å². The van der Waals surface area contributed by atoms with E-state index in [9.17, 15) is 5.11 Å². The highest BCUT2D eigenvalue weighted by Gasteiger charge is 2.20. The van der Waals surface area contributed by atoms with E-state index in [-0.39, 0.29) is 0 Å². The molecule has 2 aromatic heterocycles. The van der Waals surface area contributed by atoms with Gasteiger partial charge in [-0.25, -0.2) is 0 Å². The fourth-order valence-corrected chi connectivity index (χ4v) is 4.61. The van der Waals surface area contributed by atoms with E-state index >= 15 is 0 Å². The summed E-state index contributed by atoms with van der Waals surface area (Å²) < 4.78 is 1.16. The van der Waals surface area contributed by atoms with E-state index in [0.717, 1.165) is 40.8 Å². The van der Waals surface area contributed by atoms with Crippen LogP contribution < -0.4 is 0 Å². The minimum Gasteiger partial charge on any atom is -0.507 e. The van der Waals surface area contributed by atoms with Gasteiger partial charge in [0, 0.05) is 41.7 Å². The average molecular weight is 368 g/mol. The van der Waals surface area contributed by atoms with Gasteiger partial charge in [-0.3, -0.25) is 9.88 Å². The summed E-state index contributed by atoms with van der Waals surface area (Å²) in [4.78, 5) is 9.38. The highest BCUT2D eigenvalue weighted by atomic mass is 32.1. The Morgan fingerprint density at radius 3 is 3.08 bits per heavy atom. The maximum atomic E-state index is 10.5. The summed E-state index contributed by atoms with van der Waals surface area (Å²) in [7, 11) is 4.33. The van der Waals surface area contributed by atoms with Gasteiger partial charge >= 0.3 is 0 Å². The SMILES string of the molecule is CN(C)C1CCCN(C/C=C/c2c(O)ccc3ncc4sccc4c23)C1. The summed E-state index contributed by atoms with van der Waals surface area (Å²) in [5, 5.41) is 14.8. The Balaban J connectivity index is 1.61. The summed E-state index contributed by atoms with van der Waals surface area (Å²) in [6.07, 6.45) is 8.68. The summed E-state index contributed by atoms with van der Waals surface area (Å²) in [6.45, 7) is 3.16. The molecule has 0 amide bonds. The third-order valence-electron chi connectivity index (χ3n) is 5.34. The summed E-state index contributed by atoms with van der Waals surface area (Å²) in [5.74, 6) is 0.319. The van der Waals surface area contributed by atoms with Crippen LogP contribution in [0.25, 0.3) is 27.1 Å². The van der Waals surface area contributed by atoms with E-state index in [1.807, 2.05) is 12.3 Å². The largest absolute Gasteiger partial charge is 0.507 e. The zero-order valence-electron chi connectivity index (χ0n) is 15.4. The molecule has 0 saturated carbocycles. The highest BCUT2D eigenvalue weighted by Crippen LogP contribution is 2.34. The third kappa shape index (κ3) is 3.34. The first-order valence-electron chi connectivity index (χ1n) is 9.16. The second-order valence-electron chi connectivity index (χ2n) is 7.27. The molecule has 1 aliphatic rings. The van der Waals surface area contributed by atoms with Crippen molar-refractivity contribution in [2.45, 2.75) is 18.9 Å². The van der Waals surface area contributed by atoms with Gasteiger partial charge in [-0.1, -0.05) is 12.2 Å². The molecule has 4 rings (SSSR count). The maximum Gasteiger partial charge on any atom is 0.123 e. The standard InChI is InChI=1S/C21H25N3OS/c1-23(2)15-5-3-10-24(14-15)11-4-6-16-19(25)8-7-18-21(16)17-9-12-26-20(17)13-22-18/h4,6-9,12-13,15,25H,3,5,10-11,14H2,1-2H3/b6-4+. The molecule has 4 nitrogen and oxygen atoms in total. The van der Waals surface area contributed by atoms with E-state index in [1.165, 1.54) is 18.2 Å². The van der Waals surface area contributed by atoms with E-state index in [4.69, 9.17) is 0 Å². The van der Waals surface area contributed by atoms with Gasteiger partial charge in [0.05, 0.1) is 10.2 Å². The topological polar surface area (TPSA) is 39.6 Å². The van der Waals surface area contributed by atoms with Crippen molar-refractivity contribution < 1.29 is 5.11 Å². The molecule has 0 bridgehead atoms. The normalized spacial score (nSPS) is 19.3. The number of aromatic nitrogens is 1. The summed E-state index contributed by atoms with van der Waals surface area (Å²) >= 11 is 1.69. The minimum absolute atomic E-state index is 0.319. The number of hydrogen-bond donors (Lipinski definition) is 1. The maximum absolute atomic E-state index is 10.5. The number of nitrogens with zero attached hydrogens (tertiary/aromatic N) is 3. The average Bonchev–Trinajstić information content (AvgIpc) is 3.12. The predicted molar refractivity (Wildman–Crippen MR) is 111 cm³/mol. The van der Waals surface area contributed by atoms with Gasteiger partial charge in [-0.2, -0.15) is 0 Å². The number of piperidine rings is 1. The molecule has 1 atom stereocenters. The quantitative estimate of drug-likeness (QED) is 0.750. The van der Waals surface area contributed by atoms with E-state index < -0.39 is 0 Å². The molecule has 1 aromatic carbocycles. The van der Waals surface area contributed by atoms with Gasteiger partial charge in [0.25, 0.3) is 0 Å². The van der Waals surface area contributed by atoms with E-state index in [0.29, 0.717) is 11.8 Å². The Hall–Kier alpha value is -1.95. The van der Waals surface area contributed by atoms with Crippen molar-refractivity contribution in [2.24, 2.45) is 0 Å². The van der Waals surface area contributed by atoms with Crippen LogP contribution in [-0.2, 0) is 0 Å². The first-order chi connectivity index (χ1) is 12.6. The van der Waals surface area contributed by atoms with Crippen LogP contribution in [0.2, 0.25) is 0 Å². The number of phenolic OH excluding ortho intramolecular Hbond substituents is 1. The molecule has 1 unspecified atom stereocenters. The lowest BCUT2D eigenvalue weighted by molar-refractivity contribution is 0.144. The molecular formula is C21H25N3OS. The summed E-state index contributed by atoms with van der Waals surface area (Å²) in [6, 6.07) is 6.40. The molecule has 1 N–H and O–H groups in total. The molecular weight excluding hydrogens is 342 g/mol. The number of hydrogen-bond acceptors (Lipinski definition) is 5. The molecule has 0 aliphatic carbocycles. The van der Waals surface area contributed by atoms with Gasteiger partial charge in [-0.05, 0) is 57.1 Å². The van der Waals surface area contributed by atoms with Crippen LogP contribution in [0.5, 0.6) is 5.75 Å². The van der Waals surface area contributed by atoms with Gasteiger partial charge in [0.1, 0.15) is 5.75 Å². The fourth-order valence-electron chi connectivity index (χ4n) is 3.85. The molecule has 5 heteroatoms. The zero-order valence-corrected chi connectivity index (χ0v) is 16.2. The Labute approximate surface area is 158 Å². The lowest BCUT2D eigenvalue weighted by Gasteiger charge is -2.35. The Morgan fingerprint density at radius 1 is 1.35 bits per heavy atom. The van der Waals surface area contributed by atoms with Crippen molar-refractivity contribution in [3.8, 4) is 5.75 Å². The molecule has 1 saturated heterocycles. The molecule has 3 heterocycles. The highest BCUT2D eigenvalue weighted by molar-refractivity contribution is 7.17. The van der Waals surface area contributed by atoms with Crippen molar-refractivity contribution in [3.05, 3.63) is 41.4 Å². The minimum atomic E-state index is 0.319. The van der Waals surface area contributed by atoms with Gasteiger partial charge in [0.15, 0.2) is 0 Å². The van der Waals surface area contributed by atoms with Crippen LogP contribution in [0.3, 0.4) is 0 Å². The molecule has 1 aliphatic heterocycles. The summed E-state index contributed by atoms with van der Waals surface area (Å²) in [5.41, 5.74) is 1.80. The monoisotopic (exact) mass is 367 g/mol. The lowest BCUT2D eigenvalue weighted by atomic mass is 10.0. The number of fused-ring (bicyclic) bond motifs is 3. The smallest absolute Gasteiger partial charge is 0.123 e. The number of phenols is 1. The number of likely N-dealkylation sites (tertiary alicyclic amines) is 1. The Morgan fingerprint density at radius 2 is 2.23 bits per heavy atom. The number of thiophene rings is 1. The Kier molecular flexibility index (Phi) is 4.94. The van der Waals surface area contributed by atoms with Crippen molar-refractivity contribution in [2.75, 3.05) is 33.7 Å². The van der Waals surface area contributed by atoms with Crippen LogP contribution >= 0.6 is 11.3 Å². The van der Waals surface area contributed by atoms with Crippen molar-refractivity contribution in [1.29, 1.82) is 0 Å². The lowest BCUT2D eigenvalue weighted by Crippen LogP contribution is -2.45. The second kappa shape index (κ2) is 7.35. The fraction of sp³-hybridized carbons (Fsp3) is 0.381. The van der Waals surface area contributed by atoms with Gasteiger partial charge in [-0.15, -0.1) is 11.3 Å². The number of aromatic hydroxyl groups is 1. The number of benzene rings is 1. The molecule has 1 fully saturated rings. The first kappa shape index (κ1) is 17.5. The van der Waals surface area contributed by atoms with Crippen LogP contribution in [0.15, 0.2) is 35.9 Å². The van der Waals surface area contributed by atoms with Crippen molar-refractivity contribution in [3.63, 3.8) is 0 Å². The van der Waals surface area contributed by atoms with Crippen molar-refractivity contribution >= 4 is 38.4 Å². The van der Waals surface area contributed by atoms with Gasteiger partial charge in [0.2, 0.25) is 0 Å². The molecule has 26 heavy (non-hydrogen) atoms. The number of pyridine rings is 1. The van der Waals surface area contributed by atoms with E-state index in [1.54, 1.807) is 17.4 Å². The Bertz CT molecular complexity index is 947. The van der Waals surface area contributed by atoms with Crippen molar-refractivity contribution in [1.82, 2.24) is 14.8 Å². The molecule has 136 valence electrons. The second-order valence-corrected chi connectivity index (χ2v) is 8.22. The van der Waals surface area contributed by atoms with Crippen LogP contribution in [0.1, 0.15) is 18.4 Å².